The number of likely N-dealkylation sites (tertiary alicyclic amines) is 1. The summed E-state index contributed by atoms with van der Waals surface area (Å²) in [5, 5.41) is 15.5. The second-order valence-electron chi connectivity index (χ2n) is 6.00. The number of ether oxygens (including phenoxy) is 1. The lowest BCUT2D eigenvalue weighted by atomic mass is 10.1. The summed E-state index contributed by atoms with van der Waals surface area (Å²) in [6, 6.07) is 5.92. The molecule has 25 heavy (non-hydrogen) atoms. The predicted octanol–water partition coefficient (Wildman–Crippen LogP) is 3.45. The molecule has 2 rings (SSSR count). The van der Waals surface area contributed by atoms with Crippen LogP contribution in [0.3, 0.4) is 0 Å². The minimum Gasteiger partial charge on any atom is -0.492 e. The molecule has 1 aliphatic heterocycles. The highest BCUT2D eigenvalue weighted by Gasteiger charge is 2.09. The molecular weight excluding hydrogens is 346 g/mol. The van der Waals surface area contributed by atoms with E-state index in [0.29, 0.717) is 5.02 Å². The van der Waals surface area contributed by atoms with Crippen LogP contribution in [-0.2, 0) is 9.59 Å². The summed E-state index contributed by atoms with van der Waals surface area (Å²) in [5.41, 5.74) is 1.19. The van der Waals surface area contributed by atoms with E-state index >= 15 is 0 Å². The number of carboxylic acids is 2. The average Bonchev–Trinajstić information content (AvgIpc) is 2.59. The molecule has 0 amide bonds. The van der Waals surface area contributed by atoms with Gasteiger partial charge < -0.3 is 19.8 Å². The van der Waals surface area contributed by atoms with Crippen molar-refractivity contribution in [2.24, 2.45) is 0 Å². The van der Waals surface area contributed by atoms with E-state index in [4.69, 9.17) is 36.1 Å². The van der Waals surface area contributed by atoms with E-state index in [1.54, 1.807) is 0 Å². The van der Waals surface area contributed by atoms with Crippen LogP contribution in [0.2, 0.25) is 5.02 Å². The number of piperidine rings is 1. The maximum Gasteiger partial charge on any atom is 0.414 e. The highest BCUT2D eigenvalue weighted by atomic mass is 35.5. The molecule has 1 heterocycles. The Balaban J connectivity index is 0.000000450. The number of aryl methyl sites for hydroxylation is 1. The van der Waals surface area contributed by atoms with Crippen molar-refractivity contribution in [3.63, 3.8) is 0 Å². The lowest BCUT2D eigenvalue weighted by Crippen LogP contribution is -2.30. The van der Waals surface area contributed by atoms with Gasteiger partial charge in [0.05, 0.1) is 11.6 Å². The molecule has 1 aliphatic rings. The molecule has 0 aliphatic carbocycles. The van der Waals surface area contributed by atoms with E-state index in [0.717, 1.165) is 18.8 Å². The van der Waals surface area contributed by atoms with Gasteiger partial charge >= 0.3 is 11.9 Å². The molecule has 0 unspecified atom stereocenters. The van der Waals surface area contributed by atoms with E-state index < -0.39 is 11.9 Å². The first kappa shape index (κ1) is 21.3. The molecule has 0 saturated carbocycles. The maximum absolute atomic E-state index is 9.10. The van der Waals surface area contributed by atoms with Crippen LogP contribution < -0.4 is 4.74 Å². The number of halogens is 1. The number of hydrogen-bond donors (Lipinski definition) is 2. The third kappa shape index (κ3) is 9.31. The van der Waals surface area contributed by atoms with Crippen molar-refractivity contribution in [2.45, 2.75) is 39.0 Å². The number of carboxylic acid groups (broad SMARTS) is 2. The Morgan fingerprint density at radius 2 is 1.76 bits per heavy atom. The number of benzene rings is 1. The van der Waals surface area contributed by atoms with Crippen LogP contribution in [0.1, 0.15) is 37.7 Å². The van der Waals surface area contributed by atoms with E-state index in [1.165, 1.54) is 50.9 Å². The van der Waals surface area contributed by atoms with Crippen LogP contribution in [0.15, 0.2) is 18.2 Å². The number of nitrogens with zero attached hydrogens (tertiary/aromatic N) is 1. The number of carbonyl (C=O) groups is 2. The van der Waals surface area contributed by atoms with Crippen LogP contribution in [-0.4, -0.2) is 53.3 Å². The Labute approximate surface area is 153 Å². The lowest BCUT2D eigenvalue weighted by molar-refractivity contribution is -0.159. The van der Waals surface area contributed by atoms with Gasteiger partial charge in [0.2, 0.25) is 0 Å². The van der Waals surface area contributed by atoms with E-state index in [-0.39, 0.29) is 0 Å². The quantitative estimate of drug-likeness (QED) is 0.588. The Morgan fingerprint density at radius 1 is 1.12 bits per heavy atom. The fourth-order valence-electron chi connectivity index (χ4n) is 2.52. The number of aliphatic carboxylic acids is 2. The minimum atomic E-state index is -1.82. The summed E-state index contributed by atoms with van der Waals surface area (Å²) >= 11 is 6.10. The predicted molar refractivity (Wildman–Crippen MR) is 96.5 cm³/mol. The van der Waals surface area contributed by atoms with Crippen LogP contribution in [0.5, 0.6) is 5.75 Å². The number of unbranched alkanes of at least 4 members (excludes halogenated alkanes) is 1. The smallest absolute Gasteiger partial charge is 0.414 e. The molecule has 0 aromatic heterocycles. The zero-order valence-corrected chi connectivity index (χ0v) is 15.3. The largest absolute Gasteiger partial charge is 0.492 e. The number of rotatable bonds is 6. The van der Waals surface area contributed by atoms with Gasteiger partial charge in [0.1, 0.15) is 5.75 Å². The maximum atomic E-state index is 9.10. The van der Waals surface area contributed by atoms with E-state index in [1.807, 2.05) is 18.2 Å². The van der Waals surface area contributed by atoms with Gasteiger partial charge in [0, 0.05) is 0 Å². The van der Waals surface area contributed by atoms with Crippen molar-refractivity contribution < 1.29 is 24.5 Å². The normalized spacial score (nSPS) is 14.3. The third-order valence-corrected chi connectivity index (χ3v) is 4.16. The van der Waals surface area contributed by atoms with E-state index in [9.17, 15) is 0 Å². The van der Waals surface area contributed by atoms with E-state index in [2.05, 4.69) is 11.8 Å². The van der Waals surface area contributed by atoms with Crippen molar-refractivity contribution in [1.82, 2.24) is 4.90 Å². The Bertz CT molecular complexity index is 546. The molecule has 0 radical (unpaired) electrons. The topological polar surface area (TPSA) is 87.1 Å². The molecule has 0 atom stereocenters. The molecular formula is C18H26ClNO5. The molecule has 2 N–H and O–H groups in total. The summed E-state index contributed by atoms with van der Waals surface area (Å²) in [7, 11) is 0. The van der Waals surface area contributed by atoms with Crippen LogP contribution in [0.4, 0.5) is 0 Å². The SMILES string of the molecule is Cc1ccc(Cl)c(OCCCCN2CCCCC2)c1.O=C(O)C(=O)O. The molecule has 6 nitrogen and oxygen atoms in total. The summed E-state index contributed by atoms with van der Waals surface area (Å²) < 4.78 is 5.76. The van der Waals surface area contributed by atoms with Crippen molar-refractivity contribution in [2.75, 3.05) is 26.2 Å². The Hall–Kier alpha value is -1.79. The molecule has 0 spiro atoms. The van der Waals surface area contributed by atoms with Crippen molar-refractivity contribution in [1.29, 1.82) is 0 Å². The molecule has 1 aromatic carbocycles. The first-order valence-corrected chi connectivity index (χ1v) is 8.85. The van der Waals surface area contributed by atoms with Crippen molar-refractivity contribution in [3.8, 4) is 5.75 Å². The molecule has 140 valence electrons. The Kier molecular flexibility index (Phi) is 9.96. The molecule has 1 fully saturated rings. The minimum absolute atomic E-state index is 0.710. The monoisotopic (exact) mass is 371 g/mol. The fraction of sp³-hybridized carbons (Fsp3) is 0.556. The Morgan fingerprint density at radius 3 is 2.36 bits per heavy atom. The zero-order valence-electron chi connectivity index (χ0n) is 14.5. The zero-order chi connectivity index (χ0) is 18.7. The molecule has 7 heteroatoms. The van der Waals surface area contributed by atoms with Gasteiger partial charge in [-0.1, -0.05) is 24.1 Å². The summed E-state index contributed by atoms with van der Waals surface area (Å²) in [5.74, 6) is -2.83. The van der Waals surface area contributed by atoms with Gasteiger partial charge in [-0.2, -0.15) is 0 Å². The number of hydrogen-bond acceptors (Lipinski definition) is 4. The summed E-state index contributed by atoms with van der Waals surface area (Å²) in [6.07, 6.45) is 6.46. The van der Waals surface area contributed by atoms with Gasteiger partial charge in [0.25, 0.3) is 0 Å². The highest BCUT2D eigenvalue weighted by molar-refractivity contribution is 6.32. The first-order chi connectivity index (χ1) is 11.9. The van der Waals surface area contributed by atoms with Gasteiger partial charge in [-0.15, -0.1) is 0 Å². The first-order valence-electron chi connectivity index (χ1n) is 8.47. The third-order valence-electron chi connectivity index (χ3n) is 3.84. The molecule has 1 aromatic rings. The van der Waals surface area contributed by atoms with Crippen LogP contribution in [0, 0.1) is 6.92 Å². The van der Waals surface area contributed by atoms with Crippen molar-refractivity contribution in [3.05, 3.63) is 28.8 Å². The fourth-order valence-corrected chi connectivity index (χ4v) is 2.70. The van der Waals surface area contributed by atoms with Crippen LogP contribution in [0.25, 0.3) is 0 Å². The standard InChI is InChI=1S/C16H24ClNO.C2H2O4/c1-14-7-8-15(17)16(13-14)19-12-6-5-11-18-9-3-2-4-10-18;3-1(4)2(5)6/h7-8,13H,2-6,9-12H2,1H3;(H,3,4)(H,5,6). The van der Waals surface area contributed by atoms with Gasteiger partial charge in [0.15, 0.2) is 0 Å². The summed E-state index contributed by atoms with van der Waals surface area (Å²) in [4.78, 5) is 20.8. The second-order valence-corrected chi connectivity index (χ2v) is 6.41. The van der Waals surface area contributed by atoms with Gasteiger partial charge in [-0.3, -0.25) is 0 Å². The lowest BCUT2D eigenvalue weighted by Gasteiger charge is -2.26. The van der Waals surface area contributed by atoms with Gasteiger partial charge in [-0.05, 0) is 69.9 Å². The van der Waals surface area contributed by atoms with Gasteiger partial charge in [-0.25, -0.2) is 9.59 Å². The van der Waals surface area contributed by atoms with Crippen LogP contribution >= 0.6 is 11.6 Å². The van der Waals surface area contributed by atoms with Crippen molar-refractivity contribution >= 4 is 23.5 Å². The summed E-state index contributed by atoms with van der Waals surface area (Å²) in [6.45, 7) is 6.59. The molecule has 1 saturated heterocycles. The molecule has 0 bridgehead atoms. The second kappa shape index (κ2) is 11.7. The highest BCUT2D eigenvalue weighted by Crippen LogP contribution is 2.25. The average molecular weight is 372 g/mol.